The molecule has 3 heteroatoms. The molecule has 0 atom stereocenters. The number of benzene rings is 2. The zero-order valence-corrected chi connectivity index (χ0v) is 10.9. The Kier molecular flexibility index (Phi) is 4.05. The van der Waals surface area contributed by atoms with Crippen LogP contribution >= 0.6 is 11.8 Å². The minimum atomic E-state index is 0.133. The third-order valence-electron chi connectivity index (χ3n) is 2.54. The number of fused-ring (bicyclic) bond motifs is 1. The molecule has 18 heavy (non-hydrogen) atoms. The van der Waals surface area contributed by atoms with E-state index in [1.807, 2.05) is 30.4 Å². The van der Waals surface area contributed by atoms with Gasteiger partial charge in [0, 0.05) is 12.7 Å². The van der Waals surface area contributed by atoms with E-state index < -0.39 is 0 Å². The fraction of sp³-hybridized carbons (Fsp3) is 0.133. The molecule has 2 nitrogen and oxygen atoms in total. The lowest BCUT2D eigenvalue weighted by molar-refractivity contribution is -0.109. The van der Waals surface area contributed by atoms with E-state index in [2.05, 4.69) is 6.07 Å². The van der Waals surface area contributed by atoms with E-state index in [1.165, 1.54) is 11.8 Å². The zero-order chi connectivity index (χ0) is 13.0. The van der Waals surface area contributed by atoms with Gasteiger partial charge in [-0.2, -0.15) is 0 Å². The van der Waals surface area contributed by atoms with Gasteiger partial charge in [0.05, 0.1) is 0 Å². The largest absolute Gasteiger partial charge is 0.508 e. The molecular weight excluding hydrogens is 244 g/mol. The number of hydrogen-bond acceptors (Lipinski definition) is 3. The summed E-state index contributed by atoms with van der Waals surface area (Å²) in [6, 6.07) is 11.4. The predicted octanol–water partition coefficient (Wildman–Crippen LogP) is 3.84. The van der Waals surface area contributed by atoms with Gasteiger partial charge in [0.1, 0.15) is 5.75 Å². The molecule has 0 saturated heterocycles. The Morgan fingerprint density at radius 1 is 1.22 bits per heavy atom. The summed E-state index contributed by atoms with van der Waals surface area (Å²) < 4.78 is 0. The predicted molar refractivity (Wildman–Crippen MR) is 77.8 cm³/mol. The molecule has 1 N–H and O–H groups in total. The van der Waals surface area contributed by atoms with Crippen molar-refractivity contribution in [2.45, 2.75) is 6.92 Å². The second-order valence-corrected chi connectivity index (χ2v) is 5.19. The Morgan fingerprint density at radius 2 is 1.94 bits per heavy atom. The second-order valence-electron chi connectivity index (χ2n) is 4.00. The molecule has 0 amide bonds. The topological polar surface area (TPSA) is 37.3 Å². The summed E-state index contributed by atoms with van der Waals surface area (Å²) in [5.74, 6) is 0.979. The molecule has 0 saturated carbocycles. The molecule has 2 aromatic carbocycles. The molecule has 0 fully saturated rings. The smallest absolute Gasteiger partial charge is 0.186 e. The summed E-state index contributed by atoms with van der Waals surface area (Å²) in [5.41, 5.74) is 1.09. The zero-order valence-electron chi connectivity index (χ0n) is 10.1. The molecule has 0 bridgehead atoms. The van der Waals surface area contributed by atoms with Crippen molar-refractivity contribution in [3.63, 3.8) is 0 Å². The molecule has 0 heterocycles. The molecule has 0 radical (unpaired) electrons. The van der Waals surface area contributed by atoms with E-state index in [-0.39, 0.29) is 10.9 Å². The average molecular weight is 258 g/mol. The highest BCUT2D eigenvalue weighted by molar-refractivity contribution is 8.13. The minimum Gasteiger partial charge on any atom is -0.508 e. The highest BCUT2D eigenvalue weighted by Gasteiger charge is 1.96. The number of rotatable bonds is 3. The lowest BCUT2D eigenvalue weighted by Gasteiger charge is -2.00. The standard InChI is InChI=1S/C15H14O2S/c1-11(16)18-8-2-3-12-4-5-14-10-15(17)7-6-13(14)9-12/h2-7,9-10,17H,8H2,1H3. The Hall–Kier alpha value is -1.74. The lowest BCUT2D eigenvalue weighted by Crippen LogP contribution is -1.81. The first kappa shape index (κ1) is 12.7. The van der Waals surface area contributed by atoms with Gasteiger partial charge in [0.2, 0.25) is 0 Å². The molecule has 2 rings (SSSR count). The maximum Gasteiger partial charge on any atom is 0.186 e. The highest BCUT2D eigenvalue weighted by Crippen LogP contribution is 2.21. The molecule has 0 spiro atoms. The number of carbonyl (C=O) groups is 1. The van der Waals surface area contributed by atoms with E-state index in [9.17, 15) is 9.90 Å². The quantitative estimate of drug-likeness (QED) is 0.909. The van der Waals surface area contributed by atoms with Crippen LogP contribution in [0.2, 0.25) is 0 Å². The average Bonchev–Trinajstić information content (AvgIpc) is 2.34. The van der Waals surface area contributed by atoms with Gasteiger partial charge in [-0.1, -0.05) is 42.1 Å². The molecule has 0 aromatic heterocycles. The normalized spacial score (nSPS) is 11.2. The van der Waals surface area contributed by atoms with Gasteiger partial charge in [0.25, 0.3) is 0 Å². The summed E-state index contributed by atoms with van der Waals surface area (Å²) in [5, 5.41) is 11.6. The van der Waals surface area contributed by atoms with Crippen LogP contribution in [0.25, 0.3) is 16.8 Å². The first-order valence-electron chi connectivity index (χ1n) is 5.68. The molecule has 2 aromatic rings. The first-order valence-corrected chi connectivity index (χ1v) is 6.66. The summed E-state index contributed by atoms with van der Waals surface area (Å²) in [6.07, 6.45) is 3.98. The first-order chi connectivity index (χ1) is 8.65. The van der Waals surface area contributed by atoms with Crippen molar-refractivity contribution < 1.29 is 9.90 Å². The van der Waals surface area contributed by atoms with Gasteiger partial charge >= 0.3 is 0 Å². The molecular formula is C15H14O2S. The van der Waals surface area contributed by atoms with Crippen LogP contribution in [0, 0.1) is 0 Å². The molecule has 0 aliphatic rings. The van der Waals surface area contributed by atoms with Gasteiger partial charge in [-0.25, -0.2) is 0 Å². The summed E-state index contributed by atoms with van der Waals surface area (Å²) in [6.45, 7) is 1.57. The van der Waals surface area contributed by atoms with Crippen LogP contribution in [0.3, 0.4) is 0 Å². The molecule has 92 valence electrons. The van der Waals surface area contributed by atoms with E-state index in [0.29, 0.717) is 5.75 Å². The number of phenols is 1. The van der Waals surface area contributed by atoms with Crippen molar-refractivity contribution >= 4 is 33.7 Å². The SMILES string of the molecule is CC(=O)SCC=Cc1ccc2cc(O)ccc2c1. The van der Waals surface area contributed by atoms with Crippen LogP contribution in [-0.2, 0) is 4.79 Å². The van der Waals surface area contributed by atoms with Gasteiger partial charge in [-0.15, -0.1) is 0 Å². The lowest BCUT2D eigenvalue weighted by atomic mass is 10.1. The second kappa shape index (κ2) is 5.74. The number of hydrogen-bond donors (Lipinski definition) is 1. The van der Waals surface area contributed by atoms with Crippen LogP contribution in [0.5, 0.6) is 5.75 Å². The van der Waals surface area contributed by atoms with Crippen molar-refractivity contribution in [3.05, 3.63) is 48.0 Å². The number of phenolic OH excluding ortho intramolecular Hbond substituents is 1. The summed E-state index contributed by atoms with van der Waals surface area (Å²) in [4.78, 5) is 10.8. The van der Waals surface area contributed by atoms with Crippen LogP contribution in [0.4, 0.5) is 0 Å². The van der Waals surface area contributed by atoms with Gasteiger partial charge in [-0.3, -0.25) is 4.79 Å². The number of aromatic hydroxyl groups is 1. The molecule has 0 aliphatic carbocycles. The van der Waals surface area contributed by atoms with Crippen molar-refractivity contribution in [1.29, 1.82) is 0 Å². The fourth-order valence-electron chi connectivity index (χ4n) is 1.70. The number of thioether (sulfide) groups is 1. The fourth-order valence-corrected chi connectivity index (χ4v) is 2.13. The number of carbonyl (C=O) groups excluding carboxylic acids is 1. The maximum atomic E-state index is 10.8. The third-order valence-corrected chi connectivity index (χ3v) is 3.31. The molecule has 0 aliphatic heterocycles. The summed E-state index contributed by atoms with van der Waals surface area (Å²) in [7, 11) is 0. The molecule has 0 unspecified atom stereocenters. The van der Waals surface area contributed by atoms with Crippen molar-refractivity contribution in [3.8, 4) is 5.75 Å². The van der Waals surface area contributed by atoms with Crippen LogP contribution in [0.15, 0.2) is 42.5 Å². The van der Waals surface area contributed by atoms with E-state index in [0.717, 1.165) is 16.3 Å². The van der Waals surface area contributed by atoms with E-state index in [4.69, 9.17) is 0 Å². The summed E-state index contributed by atoms with van der Waals surface area (Å²) >= 11 is 1.30. The highest BCUT2D eigenvalue weighted by atomic mass is 32.2. The Labute approximate surface area is 110 Å². The minimum absolute atomic E-state index is 0.133. The van der Waals surface area contributed by atoms with Crippen molar-refractivity contribution in [2.24, 2.45) is 0 Å². The van der Waals surface area contributed by atoms with Crippen molar-refractivity contribution in [2.75, 3.05) is 5.75 Å². The van der Waals surface area contributed by atoms with Gasteiger partial charge in [0.15, 0.2) is 5.12 Å². The Morgan fingerprint density at radius 3 is 2.72 bits per heavy atom. The van der Waals surface area contributed by atoms with Crippen LogP contribution < -0.4 is 0 Å². The van der Waals surface area contributed by atoms with E-state index in [1.54, 1.807) is 19.1 Å². The Bertz CT molecular complexity index is 602. The third kappa shape index (κ3) is 3.37. The van der Waals surface area contributed by atoms with Gasteiger partial charge in [-0.05, 0) is 34.5 Å². The Balaban J connectivity index is 2.15. The van der Waals surface area contributed by atoms with E-state index >= 15 is 0 Å². The maximum absolute atomic E-state index is 10.8. The van der Waals surface area contributed by atoms with Crippen LogP contribution in [-0.4, -0.2) is 16.0 Å². The monoisotopic (exact) mass is 258 g/mol. The van der Waals surface area contributed by atoms with Gasteiger partial charge < -0.3 is 5.11 Å². The van der Waals surface area contributed by atoms with Crippen molar-refractivity contribution in [1.82, 2.24) is 0 Å². The van der Waals surface area contributed by atoms with Crippen LogP contribution in [0.1, 0.15) is 12.5 Å².